The molecule has 98 valence electrons. The van der Waals surface area contributed by atoms with E-state index >= 15 is 0 Å². The minimum Gasteiger partial charge on any atom is -0.339 e. The molecule has 3 nitrogen and oxygen atoms in total. The van der Waals surface area contributed by atoms with Crippen LogP contribution < -0.4 is 0 Å². The monoisotopic (exact) mass is 253 g/mol. The molecule has 0 saturated heterocycles. The Morgan fingerprint density at radius 1 is 1.16 bits per heavy atom. The Labute approximate surface area is 113 Å². The fourth-order valence-electron chi connectivity index (χ4n) is 2.61. The Kier molecular flexibility index (Phi) is 2.90. The van der Waals surface area contributed by atoms with Gasteiger partial charge in [-0.25, -0.2) is 0 Å². The molecule has 0 aliphatic carbocycles. The quantitative estimate of drug-likeness (QED) is 0.702. The maximum Gasteiger partial charge on any atom is 0.0648 e. The van der Waals surface area contributed by atoms with E-state index in [2.05, 4.69) is 59.9 Å². The zero-order valence-corrected chi connectivity index (χ0v) is 11.7. The summed E-state index contributed by atoms with van der Waals surface area (Å²) in [7, 11) is 2.02. The standard InChI is InChI=1S/C16H19N3/c1-4-14-10-15(18(3)17-14)11-19-12(2)9-13-7-5-6-8-16(13)19/h5-10H,4,11H2,1-3H3. The molecule has 0 unspecified atom stereocenters. The van der Waals surface area contributed by atoms with Crippen molar-refractivity contribution in [1.82, 2.24) is 14.3 Å². The Morgan fingerprint density at radius 3 is 2.68 bits per heavy atom. The van der Waals surface area contributed by atoms with E-state index in [1.54, 1.807) is 0 Å². The summed E-state index contributed by atoms with van der Waals surface area (Å²) < 4.78 is 4.35. The molecule has 1 aromatic carbocycles. The molecule has 0 radical (unpaired) electrons. The van der Waals surface area contributed by atoms with Gasteiger partial charge in [-0.1, -0.05) is 25.1 Å². The van der Waals surface area contributed by atoms with Crippen molar-refractivity contribution in [2.45, 2.75) is 26.8 Å². The highest BCUT2D eigenvalue weighted by atomic mass is 15.3. The first-order chi connectivity index (χ1) is 9.19. The van der Waals surface area contributed by atoms with Gasteiger partial charge in [-0.2, -0.15) is 5.10 Å². The maximum absolute atomic E-state index is 4.52. The number of aryl methyl sites for hydroxylation is 3. The summed E-state index contributed by atoms with van der Waals surface area (Å²) in [6.45, 7) is 5.18. The molecule has 3 rings (SSSR count). The lowest BCUT2D eigenvalue weighted by atomic mass is 10.2. The molecule has 0 N–H and O–H groups in total. The fraction of sp³-hybridized carbons (Fsp3) is 0.312. The van der Waals surface area contributed by atoms with Crippen molar-refractivity contribution in [3.63, 3.8) is 0 Å². The van der Waals surface area contributed by atoms with Crippen LogP contribution in [0, 0.1) is 6.92 Å². The van der Waals surface area contributed by atoms with Crippen LogP contribution in [0.25, 0.3) is 10.9 Å². The normalized spacial score (nSPS) is 11.3. The molecule has 0 aliphatic rings. The molecule has 0 aliphatic heterocycles. The van der Waals surface area contributed by atoms with Crippen molar-refractivity contribution in [3.8, 4) is 0 Å². The second-order valence-electron chi connectivity index (χ2n) is 5.03. The van der Waals surface area contributed by atoms with Crippen molar-refractivity contribution in [3.05, 3.63) is 53.5 Å². The summed E-state index contributed by atoms with van der Waals surface area (Å²) in [5, 5.41) is 5.83. The Balaban J connectivity index is 2.05. The fourth-order valence-corrected chi connectivity index (χ4v) is 2.61. The van der Waals surface area contributed by atoms with E-state index in [-0.39, 0.29) is 0 Å². The summed E-state index contributed by atoms with van der Waals surface area (Å²) in [6, 6.07) is 13.0. The zero-order chi connectivity index (χ0) is 13.4. The van der Waals surface area contributed by atoms with Gasteiger partial charge in [-0.3, -0.25) is 4.68 Å². The van der Waals surface area contributed by atoms with Gasteiger partial charge < -0.3 is 4.57 Å². The van der Waals surface area contributed by atoms with Gasteiger partial charge in [0.15, 0.2) is 0 Å². The van der Waals surface area contributed by atoms with Crippen LogP contribution in [0.1, 0.15) is 24.0 Å². The molecular weight excluding hydrogens is 234 g/mol. The Bertz CT molecular complexity index is 719. The lowest BCUT2D eigenvalue weighted by molar-refractivity contribution is 0.663. The zero-order valence-electron chi connectivity index (χ0n) is 11.7. The number of nitrogens with zero attached hydrogens (tertiary/aromatic N) is 3. The molecule has 2 aromatic heterocycles. The van der Waals surface area contributed by atoms with Gasteiger partial charge in [0.1, 0.15) is 0 Å². The molecule has 19 heavy (non-hydrogen) atoms. The summed E-state index contributed by atoms with van der Waals surface area (Å²) in [5.74, 6) is 0. The third kappa shape index (κ3) is 2.05. The Hall–Kier alpha value is -2.03. The van der Waals surface area contributed by atoms with Crippen LogP contribution in [-0.2, 0) is 20.0 Å². The first-order valence-electron chi connectivity index (χ1n) is 6.75. The highest BCUT2D eigenvalue weighted by Gasteiger charge is 2.09. The average molecular weight is 253 g/mol. The van der Waals surface area contributed by atoms with Gasteiger partial charge in [-0.05, 0) is 36.9 Å². The van der Waals surface area contributed by atoms with Crippen LogP contribution in [0.15, 0.2) is 36.4 Å². The van der Waals surface area contributed by atoms with Gasteiger partial charge in [-0.15, -0.1) is 0 Å². The van der Waals surface area contributed by atoms with Crippen LogP contribution in [0.2, 0.25) is 0 Å². The molecule has 2 heterocycles. The van der Waals surface area contributed by atoms with Crippen molar-refractivity contribution in [1.29, 1.82) is 0 Å². The number of rotatable bonds is 3. The first-order valence-corrected chi connectivity index (χ1v) is 6.75. The lowest BCUT2D eigenvalue weighted by Gasteiger charge is -2.08. The number of para-hydroxylation sites is 1. The SMILES string of the molecule is CCc1cc(Cn2c(C)cc3ccccc32)n(C)n1. The Morgan fingerprint density at radius 2 is 1.95 bits per heavy atom. The van der Waals surface area contributed by atoms with Crippen molar-refractivity contribution in [2.24, 2.45) is 7.05 Å². The second kappa shape index (κ2) is 4.57. The number of hydrogen-bond acceptors (Lipinski definition) is 1. The summed E-state index contributed by atoms with van der Waals surface area (Å²) in [6.07, 6.45) is 0.985. The van der Waals surface area contributed by atoms with E-state index in [0.29, 0.717) is 0 Å². The van der Waals surface area contributed by atoms with E-state index in [0.717, 1.165) is 18.7 Å². The number of aromatic nitrogens is 3. The number of hydrogen-bond donors (Lipinski definition) is 0. The summed E-state index contributed by atoms with van der Waals surface area (Å²) >= 11 is 0. The van der Waals surface area contributed by atoms with Crippen LogP contribution in [0.3, 0.4) is 0 Å². The predicted octanol–water partition coefficient (Wildman–Crippen LogP) is 3.29. The van der Waals surface area contributed by atoms with Crippen LogP contribution >= 0.6 is 0 Å². The molecule has 0 bridgehead atoms. The van der Waals surface area contributed by atoms with Gasteiger partial charge in [0.05, 0.1) is 17.9 Å². The number of benzene rings is 1. The minimum atomic E-state index is 0.878. The van der Waals surface area contributed by atoms with Crippen LogP contribution in [0.5, 0.6) is 0 Å². The molecule has 0 spiro atoms. The molecule has 3 heteroatoms. The van der Waals surface area contributed by atoms with Crippen molar-refractivity contribution in [2.75, 3.05) is 0 Å². The average Bonchev–Trinajstić information content (AvgIpc) is 2.92. The second-order valence-corrected chi connectivity index (χ2v) is 5.03. The van der Waals surface area contributed by atoms with E-state index in [4.69, 9.17) is 0 Å². The van der Waals surface area contributed by atoms with Gasteiger partial charge >= 0.3 is 0 Å². The third-order valence-electron chi connectivity index (χ3n) is 3.73. The molecule has 3 aromatic rings. The maximum atomic E-state index is 4.52. The van der Waals surface area contributed by atoms with E-state index in [1.165, 1.54) is 22.3 Å². The lowest BCUT2D eigenvalue weighted by Crippen LogP contribution is -2.06. The molecule has 0 saturated carbocycles. The van der Waals surface area contributed by atoms with E-state index < -0.39 is 0 Å². The smallest absolute Gasteiger partial charge is 0.0648 e. The van der Waals surface area contributed by atoms with Crippen molar-refractivity contribution < 1.29 is 0 Å². The third-order valence-corrected chi connectivity index (χ3v) is 3.73. The molecule has 0 amide bonds. The number of fused-ring (bicyclic) bond motifs is 1. The molecular formula is C16H19N3. The molecule has 0 fully saturated rings. The van der Waals surface area contributed by atoms with Gasteiger partial charge in [0, 0.05) is 18.3 Å². The van der Waals surface area contributed by atoms with E-state index in [9.17, 15) is 0 Å². The largest absolute Gasteiger partial charge is 0.339 e. The van der Waals surface area contributed by atoms with Gasteiger partial charge in [0.25, 0.3) is 0 Å². The van der Waals surface area contributed by atoms with E-state index in [1.807, 2.05) is 11.7 Å². The first kappa shape index (κ1) is 12.0. The highest BCUT2D eigenvalue weighted by Crippen LogP contribution is 2.20. The van der Waals surface area contributed by atoms with Crippen molar-refractivity contribution >= 4 is 10.9 Å². The molecule has 0 atom stereocenters. The van der Waals surface area contributed by atoms with Crippen LogP contribution in [-0.4, -0.2) is 14.3 Å². The minimum absolute atomic E-state index is 0.878. The predicted molar refractivity (Wildman–Crippen MR) is 78.4 cm³/mol. The summed E-state index contributed by atoms with van der Waals surface area (Å²) in [4.78, 5) is 0. The topological polar surface area (TPSA) is 22.8 Å². The summed E-state index contributed by atoms with van der Waals surface area (Å²) in [5.41, 5.74) is 4.99. The highest BCUT2D eigenvalue weighted by molar-refractivity contribution is 5.81. The van der Waals surface area contributed by atoms with Gasteiger partial charge in [0.2, 0.25) is 0 Å². The van der Waals surface area contributed by atoms with Crippen LogP contribution in [0.4, 0.5) is 0 Å².